The quantitative estimate of drug-likeness (QED) is 0.651. The Kier molecular flexibility index (Phi) is 5.14. The van der Waals surface area contributed by atoms with E-state index in [1.807, 2.05) is 12.3 Å². The molecule has 0 aliphatic carbocycles. The van der Waals surface area contributed by atoms with Crippen LogP contribution in [0.1, 0.15) is 43.5 Å². The van der Waals surface area contributed by atoms with Crippen molar-refractivity contribution in [2.24, 2.45) is 5.84 Å². The van der Waals surface area contributed by atoms with Crippen LogP contribution >= 0.6 is 15.9 Å². The van der Waals surface area contributed by atoms with E-state index in [0.717, 1.165) is 16.5 Å². The van der Waals surface area contributed by atoms with Crippen molar-refractivity contribution in [3.8, 4) is 0 Å². The molecule has 0 spiro atoms. The molecule has 3 N–H and O–H groups in total. The van der Waals surface area contributed by atoms with Crippen molar-refractivity contribution in [1.29, 1.82) is 0 Å². The van der Waals surface area contributed by atoms with Gasteiger partial charge in [-0.3, -0.25) is 16.3 Å². The predicted molar refractivity (Wildman–Crippen MR) is 90.8 cm³/mol. The third-order valence-corrected chi connectivity index (χ3v) is 4.02. The van der Waals surface area contributed by atoms with Crippen LogP contribution in [-0.4, -0.2) is 4.98 Å². The normalized spacial score (nSPS) is 13.2. The largest absolute Gasteiger partial charge is 0.271 e. The molecule has 0 aliphatic rings. The molecule has 0 aliphatic heterocycles. The van der Waals surface area contributed by atoms with Crippen molar-refractivity contribution < 1.29 is 0 Å². The van der Waals surface area contributed by atoms with Crippen LogP contribution in [0.3, 0.4) is 0 Å². The Hall–Kier alpha value is -1.23. The molecule has 2 rings (SSSR count). The molecule has 1 atom stereocenters. The molecule has 21 heavy (non-hydrogen) atoms. The lowest BCUT2D eigenvalue weighted by Gasteiger charge is -2.20. The van der Waals surface area contributed by atoms with Crippen LogP contribution in [0.2, 0.25) is 0 Å². The Morgan fingerprint density at radius 1 is 1.19 bits per heavy atom. The minimum Gasteiger partial charge on any atom is -0.271 e. The number of hydrogen-bond donors (Lipinski definition) is 2. The Balaban J connectivity index is 2.15. The fourth-order valence-corrected chi connectivity index (χ4v) is 2.65. The van der Waals surface area contributed by atoms with E-state index in [0.29, 0.717) is 0 Å². The van der Waals surface area contributed by atoms with Gasteiger partial charge in [0, 0.05) is 16.9 Å². The molecule has 112 valence electrons. The first kappa shape index (κ1) is 16.1. The molecular weight excluding hydrogens is 326 g/mol. The molecular formula is C17H22BrN3. The van der Waals surface area contributed by atoms with Gasteiger partial charge in [0.15, 0.2) is 0 Å². The highest BCUT2D eigenvalue weighted by Crippen LogP contribution is 2.24. The lowest BCUT2D eigenvalue weighted by molar-refractivity contribution is 0.549. The summed E-state index contributed by atoms with van der Waals surface area (Å²) in [5, 5.41) is 0. The van der Waals surface area contributed by atoms with Gasteiger partial charge in [-0.15, -0.1) is 0 Å². The predicted octanol–water partition coefficient (Wildman–Crippen LogP) is 3.89. The molecule has 0 bridgehead atoms. The lowest BCUT2D eigenvalue weighted by atomic mass is 9.86. The fraction of sp³-hybridized carbons (Fsp3) is 0.353. The van der Waals surface area contributed by atoms with Crippen molar-refractivity contribution in [2.75, 3.05) is 0 Å². The van der Waals surface area contributed by atoms with Gasteiger partial charge < -0.3 is 0 Å². The second-order valence-corrected chi connectivity index (χ2v) is 7.22. The average Bonchev–Trinajstić information content (AvgIpc) is 2.44. The van der Waals surface area contributed by atoms with Gasteiger partial charge in [0.2, 0.25) is 0 Å². The zero-order valence-corrected chi connectivity index (χ0v) is 14.3. The Morgan fingerprint density at radius 3 is 2.38 bits per heavy atom. The van der Waals surface area contributed by atoms with Gasteiger partial charge in [-0.25, -0.2) is 0 Å². The first-order chi connectivity index (χ1) is 9.90. The van der Waals surface area contributed by atoms with Crippen molar-refractivity contribution in [1.82, 2.24) is 10.4 Å². The number of halogens is 1. The molecule has 0 fully saturated rings. The van der Waals surface area contributed by atoms with Crippen molar-refractivity contribution in [2.45, 2.75) is 38.6 Å². The third-order valence-electron chi connectivity index (χ3n) is 3.59. The minimum atomic E-state index is 0.0514. The van der Waals surface area contributed by atoms with Crippen LogP contribution in [0.5, 0.6) is 0 Å². The van der Waals surface area contributed by atoms with Gasteiger partial charge in [0.1, 0.15) is 0 Å². The molecule has 3 nitrogen and oxygen atoms in total. The van der Waals surface area contributed by atoms with E-state index in [1.54, 1.807) is 6.20 Å². The molecule has 1 unspecified atom stereocenters. The summed E-state index contributed by atoms with van der Waals surface area (Å²) in [4.78, 5) is 4.20. The molecule has 0 saturated heterocycles. The molecule has 0 saturated carbocycles. The van der Waals surface area contributed by atoms with Crippen LogP contribution < -0.4 is 11.3 Å². The molecule has 1 aromatic heterocycles. The summed E-state index contributed by atoms with van der Waals surface area (Å²) >= 11 is 3.45. The first-order valence-electron chi connectivity index (χ1n) is 7.06. The van der Waals surface area contributed by atoms with Gasteiger partial charge in [-0.05, 0) is 50.5 Å². The SMILES string of the molecule is CC(C)(C)c1ccc(CC(NN)c2cncc(Br)c2)cc1. The number of nitrogens with two attached hydrogens (primary N) is 1. The summed E-state index contributed by atoms with van der Waals surface area (Å²) in [5.74, 6) is 5.71. The molecule has 0 amide bonds. The van der Waals surface area contributed by atoms with Crippen LogP contribution in [-0.2, 0) is 11.8 Å². The summed E-state index contributed by atoms with van der Waals surface area (Å²) < 4.78 is 0.961. The number of rotatable bonds is 4. The van der Waals surface area contributed by atoms with Gasteiger partial charge >= 0.3 is 0 Å². The maximum atomic E-state index is 5.71. The second-order valence-electron chi connectivity index (χ2n) is 6.31. The van der Waals surface area contributed by atoms with Gasteiger partial charge in [-0.1, -0.05) is 45.0 Å². The van der Waals surface area contributed by atoms with E-state index in [4.69, 9.17) is 5.84 Å². The Morgan fingerprint density at radius 2 is 1.86 bits per heavy atom. The highest BCUT2D eigenvalue weighted by molar-refractivity contribution is 9.10. The van der Waals surface area contributed by atoms with Crippen molar-refractivity contribution in [3.63, 3.8) is 0 Å². The first-order valence-corrected chi connectivity index (χ1v) is 7.85. The van der Waals surface area contributed by atoms with E-state index in [9.17, 15) is 0 Å². The number of nitrogens with one attached hydrogen (secondary N) is 1. The molecule has 4 heteroatoms. The lowest BCUT2D eigenvalue weighted by Crippen LogP contribution is -2.29. The zero-order valence-electron chi connectivity index (χ0n) is 12.7. The monoisotopic (exact) mass is 347 g/mol. The number of nitrogens with zero attached hydrogens (tertiary/aromatic N) is 1. The summed E-state index contributed by atoms with van der Waals surface area (Å²) in [6.07, 6.45) is 4.45. The highest BCUT2D eigenvalue weighted by atomic mass is 79.9. The van der Waals surface area contributed by atoms with E-state index in [-0.39, 0.29) is 11.5 Å². The summed E-state index contributed by atoms with van der Waals surface area (Å²) in [7, 11) is 0. The van der Waals surface area contributed by atoms with E-state index >= 15 is 0 Å². The summed E-state index contributed by atoms with van der Waals surface area (Å²) in [5.41, 5.74) is 6.73. The molecule has 2 aromatic rings. The molecule has 1 heterocycles. The van der Waals surface area contributed by atoms with Crippen molar-refractivity contribution >= 4 is 15.9 Å². The fourth-order valence-electron chi connectivity index (χ4n) is 2.27. The molecule has 0 radical (unpaired) electrons. The standard InChI is InChI=1S/C17H22BrN3/c1-17(2,3)14-6-4-12(5-7-14)8-16(21-19)13-9-15(18)11-20-10-13/h4-7,9-11,16,21H,8,19H2,1-3H3. The van der Waals surface area contributed by atoms with E-state index < -0.39 is 0 Å². The van der Waals surface area contributed by atoms with Crippen molar-refractivity contribution in [3.05, 3.63) is 63.9 Å². The second kappa shape index (κ2) is 6.69. The number of pyridine rings is 1. The van der Waals surface area contributed by atoms with E-state index in [1.165, 1.54) is 11.1 Å². The van der Waals surface area contributed by atoms with Crippen LogP contribution in [0.25, 0.3) is 0 Å². The van der Waals surface area contributed by atoms with E-state index in [2.05, 4.69) is 71.4 Å². The number of benzene rings is 1. The Bertz CT molecular complexity index is 588. The third kappa shape index (κ3) is 4.37. The van der Waals surface area contributed by atoms with Gasteiger partial charge in [-0.2, -0.15) is 0 Å². The maximum absolute atomic E-state index is 5.71. The number of aromatic nitrogens is 1. The smallest absolute Gasteiger partial charge is 0.0515 e. The number of hydrogen-bond acceptors (Lipinski definition) is 3. The minimum absolute atomic E-state index is 0.0514. The Labute approximate surface area is 135 Å². The zero-order chi connectivity index (χ0) is 15.5. The van der Waals surface area contributed by atoms with Crippen LogP contribution in [0, 0.1) is 0 Å². The summed E-state index contributed by atoms with van der Waals surface area (Å²) in [6.45, 7) is 6.66. The van der Waals surface area contributed by atoms with Crippen LogP contribution in [0.4, 0.5) is 0 Å². The number of hydrazine groups is 1. The highest BCUT2D eigenvalue weighted by Gasteiger charge is 2.15. The topological polar surface area (TPSA) is 50.9 Å². The van der Waals surface area contributed by atoms with Gasteiger partial charge in [0.25, 0.3) is 0 Å². The maximum Gasteiger partial charge on any atom is 0.0515 e. The summed E-state index contributed by atoms with van der Waals surface area (Å²) in [6, 6.07) is 10.8. The molecule has 1 aromatic carbocycles. The van der Waals surface area contributed by atoms with Crippen LogP contribution in [0.15, 0.2) is 47.2 Å². The van der Waals surface area contributed by atoms with Gasteiger partial charge in [0.05, 0.1) is 6.04 Å². The average molecular weight is 348 g/mol.